The summed E-state index contributed by atoms with van der Waals surface area (Å²) < 4.78 is 22.0. The molecule has 1 N–H and O–H groups in total. The average Bonchev–Trinajstić information content (AvgIpc) is 2.26. The largest absolute Gasteiger partial charge is 0.385 e. The SMILES string of the molecule is CC(Cl)S(=O)(=O)CCCNc1ccccc1.Cl. The van der Waals surface area contributed by atoms with E-state index in [2.05, 4.69) is 5.32 Å². The van der Waals surface area contributed by atoms with Crippen molar-refractivity contribution in [3.63, 3.8) is 0 Å². The Hall–Kier alpha value is -0.450. The van der Waals surface area contributed by atoms with Crippen LogP contribution in [0, 0.1) is 0 Å². The number of benzene rings is 1. The first-order chi connectivity index (χ1) is 7.52. The van der Waals surface area contributed by atoms with Gasteiger partial charge in [0.05, 0.1) is 5.75 Å². The quantitative estimate of drug-likeness (QED) is 0.649. The molecule has 0 amide bonds. The van der Waals surface area contributed by atoms with Crippen LogP contribution in [0.4, 0.5) is 5.69 Å². The highest BCUT2D eigenvalue weighted by Gasteiger charge is 2.16. The van der Waals surface area contributed by atoms with E-state index in [1.54, 1.807) is 0 Å². The minimum atomic E-state index is -3.13. The van der Waals surface area contributed by atoms with Crippen molar-refractivity contribution in [1.82, 2.24) is 0 Å². The van der Waals surface area contributed by atoms with Gasteiger partial charge in [-0.15, -0.1) is 24.0 Å². The van der Waals surface area contributed by atoms with Crippen LogP contribution in [0.1, 0.15) is 13.3 Å². The molecule has 0 fully saturated rings. The minimum Gasteiger partial charge on any atom is -0.385 e. The molecular formula is C11H17Cl2NO2S. The van der Waals surface area contributed by atoms with Crippen molar-refractivity contribution in [2.45, 2.75) is 18.1 Å². The maximum Gasteiger partial charge on any atom is 0.166 e. The van der Waals surface area contributed by atoms with Crippen LogP contribution in [0.3, 0.4) is 0 Å². The Bertz CT molecular complexity index is 407. The molecule has 0 radical (unpaired) electrons. The van der Waals surface area contributed by atoms with Gasteiger partial charge in [-0.1, -0.05) is 18.2 Å². The van der Waals surface area contributed by atoms with Gasteiger partial charge in [-0.25, -0.2) is 8.42 Å². The molecule has 0 aliphatic rings. The number of halogens is 2. The van der Waals surface area contributed by atoms with E-state index in [1.165, 1.54) is 6.92 Å². The lowest BCUT2D eigenvalue weighted by molar-refractivity contribution is 0.592. The van der Waals surface area contributed by atoms with Crippen molar-refractivity contribution in [2.75, 3.05) is 17.6 Å². The molecule has 1 unspecified atom stereocenters. The van der Waals surface area contributed by atoms with Crippen LogP contribution >= 0.6 is 24.0 Å². The summed E-state index contributed by atoms with van der Waals surface area (Å²) >= 11 is 5.56. The lowest BCUT2D eigenvalue weighted by Gasteiger charge is -2.07. The molecule has 6 heteroatoms. The van der Waals surface area contributed by atoms with Gasteiger partial charge in [0.25, 0.3) is 0 Å². The Morgan fingerprint density at radius 3 is 2.41 bits per heavy atom. The number of para-hydroxylation sites is 1. The fraction of sp³-hybridized carbons (Fsp3) is 0.455. The second-order valence-electron chi connectivity index (χ2n) is 3.56. The second-order valence-corrected chi connectivity index (χ2v) is 6.91. The van der Waals surface area contributed by atoms with Gasteiger partial charge in [-0.3, -0.25) is 0 Å². The van der Waals surface area contributed by atoms with Gasteiger partial charge in [0.2, 0.25) is 0 Å². The third-order valence-electron chi connectivity index (χ3n) is 2.20. The maximum atomic E-state index is 11.4. The normalized spacial score (nSPS) is 12.6. The van der Waals surface area contributed by atoms with E-state index < -0.39 is 14.5 Å². The molecule has 1 aromatic rings. The lowest BCUT2D eigenvalue weighted by Crippen LogP contribution is -2.17. The summed E-state index contributed by atoms with van der Waals surface area (Å²) in [5.74, 6) is 0.123. The van der Waals surface area contributed by atoms with Crippen LogP contribution < -0.4 is 5.32 Å². The Morgan fingerprint density at radius 2 is 1.88 bits per heavy atom. The molecule has 0 heterocycles. The van der Waals surface area contributed by atoms with Crippen molar-refractivity contribution < 1.29 is 8.42 Å². The predicted molar refractivity (Wildman–Crippen MR) is 75.9 cm³/mol. The van der Waals surface area contributed by atoms with Crippen LogP contribution in [-0.2, 0) is 9.84 Å². The average molecular weight is 298 g/mol. The highest BCUT2D eigenvalue weighted by atomic mass is 35.5. The summed E-state index contributed by atoms with van der Waals surface area (Å²) in [4.78, 5) is 0. The second kappa shape index (κ2) is 7.80. The number of hydrogen-bond donors (Lipinski definition) is 1. The van der Waals surface area contributed by atoms with Gasteiger partial charge in [0, 0.05) is 12.2 Å². The van der Waals surface area contributed by atoms with Crippen LogP contribution in [0.2, 0.25) is 0 Å². The van der Waals surface area contributed by atoms with E-state index in [9.17, 15) is 8.42 Å². The van der Waals surface area contributed by atoms with Crippen molar-refractivity contribution in [3.05, 3.63) is 30.3 Å². The van der Waals surface area contributed by atoms with Gasteiger partial charge in [-0.2, -0.15) is 0 Å². The standard InChI is InChI=1S/C11H16ClNO2S.ClH/c1-10(12)16(14,15)9-5-8-13-11-6-3-2-4-7-11;/h2-4,6-7,10,13H,5,8-9H2,1H3;1H. The summed E-state index contributed by atoms with van der Waals surface area (Å²) in [7, 11) is -3.13. The molecule has 0 aromatic heterocycles. The molecule has 1 aromatic carbocycles. The topological polar surface area (TPSA) is 46.2 Å². The summed E-state index contributed by atoms with van der Waals surface area (Å²) in [6.45, 7) is 2.12. The Morgan fingerprint density at radius 1 is 1.29 bits per heavy atom. The van der Waals surface area contributed by atoms with E-state index >= 15 is 0 Å². The number of nitrogens with one attached hydrogen (secondary N) is 1. The third kappa shape index (κ3) is 6.15. The summed E-state index contributed by atoms with van der Waals surface area (Å²) in [6.07, 6.45) is 0.564. The van der Waals surface area contributed by atoms with Crippen LogP contribution in [-0.4, -0.2) is 25.4 Å². The Kier molecular flexibility index (Phi) is 7.59. The van der Waals surface area contributed by atoms with Crippen molar-refractivity contribution in [1.29, 1.82) is 0 Å². The molecule has 0 saturated heterocycles. The number of rotatable bonds is 6. The van der Waals surface area contributed by atoms with E-state index in [1.807, 2.05) is 30.3 Å². The van der Waals surface area contributed by atoms with Crippen LogP contribution in [0.25, 0.3) is 0 Å². The highest BCUT2D eigenvalue weighted by molar-refractivity contribution is 7.93. The molecule has 1 atom stereocenters. The van der Waals surface area contributed by atoms with Crippen molar-refractivity contribution in [2.24, 2.45) is 0 Å². The molecule has 17 heavy (non-hydrogen) atoms. The van der Waals surface area contributed by atoms with Gasteiger partial charge in [0.15, 0.2) is 9.84 Å². The fourth-order valence-electron chi connectivity index (χ4n) is 1.22. The van der Waals surface area contributed by atoms with Crippen molar-refractivity contribution in [3.8, 4) is 0 Å². The summed E-state index contributed by atoms with van der Waals surface area (Å²) in [5, 5.41) is 3.15. The van der Waals surface area contributed by atoms with E-state index in [0.717, 1.165) is 5.69 Å². The van der Waals surface area contributed by atoms with E-state index in [4.69, 9.17) is 11.6 Å². The first-order valence-electron chi connectivity index (χ1n) is 5.17. The number of hydrogen-bond acceptors (Lipinski definition) is 3. The zero-order valence-electron chi connectivity index (χ0n) is 9.60. The number of alkyl halides is 1. The molecule has 0 aliphatic carbocycles. The molecule has 0 bridgehead atoms. The predicted octanol–water partition coefficient (Wildman–Crippen LogP) is 2.91. The van der Waals surface area contributed by atoms with Gasteiger partial charge in [-0.05, 0) is 25.5 Å². The summed E-state index contributed by atoms with van der Waals surface area (Å²) in [6, 6.07) is 9.68. The third-order valence-corrected chi connectivity index (χ3v) is 4.87. The molecule has 98 valence electrons. The zero-order valence-corrected chi connectivity index (χ0v) is 12.0. The molecular weight excluding hydrogens is 281 g/mol. The molecule has 3 nitrogen and oxygen atoms in total. The molecule has 0 aliphatic heterocycles. The van der Waals surface area contributed by atoms with Crippen molar-refractivity contribution >= 4 is 39.5 Å². The zero-order chi connectivity index (χ0) is 12.0. The van der Waals surface area contributed by atoms with E-state index in [0.29, 0.717) is 13.0 Å². The summed E-state index contributed by atoms with van der Waals surface area (Å²) in [5.41, 5.74) is 0.999. The van der Waals surface area contributed by atoms with Gasteiger partial charge < -0.3 is 5.32 Å². The van der Waals surface area contributed by atoms with Crippen LogP contribution in [0.15, 0.2) is 30.3 Å². The first-order valence-corrected chi connectivity index (χ1v) is 7.32. The maximum absolute atomic E-state index is 11.4. The fourth-order valence-corrected chi connectivity index (χ4v) is 2.36. The van der Waals surface area contributed by atoms with Crippen LogP contribution in [0.5, 0.6) is 0 Å². The molecule has 0 spiro atoms. The molecule has 1 rings (SSSR count). The monoisotopic (exact) mass is 297 g/mol. The Labute approximate surface area is 114 Å². The number of anilines is 1. The minimum absolute atomic E-state index is 0. The smallest absolute Gasteiger partial charge is 0.166 e. The number of sulfone groups is 1. The first kappa shape index (κ1) is 16.6. The van der Waals surface area contributed by atoms with Gasteiger partial charge >= 0.3 is 0 Å². The van der Waals surface area contributed by atoms with Gasteiger partial charge in [0.1, 0.15) is 4.71 Å². The highest BCUT2D eigenvalue weighted by Crippen LogP contribution is 2.09. The Balaban J connectivity index is 0.00000256. The molecule has 0 saturated carbocycles. The lowest BCUT2D eigenvalue weighted by atomic mass is 10.3. The van der Waals surface area contributed by atoms with E-state index in [-0.39, 0.29) is 18.2 Å².